The van der Waals surface area contributed by atoms with Crippen LogP contribution in [-0.2, 0) is 24.6 Å². The van der Waals surface area contributed by atoms with Gasteiger partial charge in [0.25, 0.3) is 5.91 Å². The van der Waals surface area contributed by atoms with Crippen molar-refractivity contribution in [1.29, 1.82) is 0 Å². The first kappa shape index (κ1) is 16.1. The van der Waals surface area contributed by atoms with E-state index in [1.165, 1.54) is 18.4 Å². The number of aryl methyl sites for hydroxylation is 2. The predicted octanol–water partition coefficient (Wildman–Crippen LogP) is 1.24. The summed E-state index contributed by atoms with van der Waals surface area (Å²) in [5.74, 6) is 0.173. The van der Waals surface area contributed by atoms with E-state index in [0.29, 0.717) is 0 Å². The smallest absolute Gasteiger partial charge is 0.272 e. The Labute approximate surface area is 143 Å². The van der Waals surface area contributed by atoms with Gasteiger partial charge in [0, 0.05) is 51.0 Å². The van der Waals surface area contributed by atoms with Gasteiger partial charge in [-0.15, -0.1) is 0 Å². The van der Waals surface area contributed by atoms with Crippen LogP contribution in [-0.4, -0.2) is 70.9 Å². The van der Waals surface area contributed by atoms with Crippen LogP contribution in [0.25, 0.3) is 0 Å². The highest BCUT2D eigenvalue weighted by Crippen LogP contribution is 2.32. The van der Waals surface area contributed by atoms with E-state index in [4.69, 9.17) is 4.74 Å². The number of carbonyl (C=O) groups is 1. The first-order valence-corrected chi connectivity index (χ1v) is 9.24. The largest absolute Gasteiger partial charge is 0.381 e. The van der Waals surface area contributed by atoms with E-state index in [2.05, 4.69) is 21.9 Å². The molecule has 1 aromatic rings. The highest BCUT2D eigenvalue weighted by Gasteiger charge is 2.43. The number of fused-ring (bicyclic) bond motifs is 1. The van der Waals surface area contributed by atoms with E-state index in [1.54, 1.807) is 0 Å². The van der Waals surface area contributed by atoms with Crippen LogP contribution in [0, 0.1) is 0 Å². The Morgan fingerprint density at radius 3 is 2.67 bits per heavy atom. The summed E-state index contributed by atoms with van der Waals surface area (Å²) in [5, 5.41) is 4.62. The predicted molar refractivity (Wildman–Crippen MR) is 91.2 cm³/mol. The molecule has 6 heteroatoms. The van der Waals surface area contributed by atoms with Gasteiger partial charge in [-0.2, -0.15) is 5.10 Å². The molecule has 2 saturated heterocycles. The Morgan fingerprint density at radius 1 is 1.12 bits per heavy atom. The van der Waals surface area contributed by atoms with Crippen molar-refractivity contribution in [2.75, 3.05) is 39.9 Å². The zero-order valence-electron chi connectivity index (χ0n) is 14.9. The van der Waals surface area contributed by atoms with Crippen molar-refractivity contribution in [3.05, 3.63) is 17.0 Å². The molecule has 1 aliphatic carbocycles. The standard InChI is InChI=1S/C18H28N4O2/c1-20-9-10-22(13-18(20)7-11-24-12-8-18)17(23)16-14-5-3-4-6-15(14)19-21(16)2/h3-13H2,1-2H3. The quantitative estimate of drug-likeness (QED) is 0.776. The molecule has 0 atom stereocenters. The molecule has 24 heavy (non-hydrogen) atoms. The molecule has 0 radical (unpaired) electrons. The Bertz CT molecular complexity index is 633. The van der Waals surface area contributed by atoms with Crippen LogP contribution >= 0.6 is 0 Å². The van der Waals surface area contributed by atoms with Gasteiger partial charge < -0.3 is 9.64 Å². The zero-order valence-corrected chi connectivity index (χ0v) is 14.9. The molecule has 132 valence electrons. The van der Waals surface area contributed by atoms with Gasteiger partial charge in [0.2, 0.25) is 0 Å². The molecule has 3 aliphatic rings. The molecule has 1 aromatic heterocycles. The number of piperazine rings is 1. The normalized spacial score (nSPS) is 24.2. The average molecular weight is 332 g/mol. The molecule has 0 unspecified atom stereocenters. The van der Waals surface area contributed by atoms with E-state index in [0.717, 1.165) is 69.9 Å². The highest BCUT2D eigenvalue weighted by atomic mass is 16.5. The Morgan fingerprint density at radius 2 is 1.88 bits per heavy atom. The maximum atomic E-state index is 13.3. The van der Waals surface area contributed by atoms with Gasteiger partial charge in [-0.3, -0.25) is 14.4 Å². The van der Waals surface area contributed by atoms with Crippen LogP contribution in [0.4, 0.5) is 0 Å². The summed E-state index contributed by atoms with van der Waals surface area (Å²) in [6.07, 6.45) is 6.39. The lowest BCUT2D eigenvalue weighted by atomic mass is 9.85. The molecule has 1 spiro atoms. The van der Waals surface area contributed by atoms with Crippen molar-refractivity contribution in [3.8, 4) is 0 Å². The van der Waals surface area contributed by atoms with Gasteiger partial charge in [0.05, 0.1) is 5.69 Å². The van der Waals surface area contributed by atoms with E-state index in [9.17, 15) is 4.79 Å². The van der Waals surface area contributed by atoms with E-state index >= 15 is 0 Å². The van der Waals surface area contributed by atoms with Gasteiger partial charge in [-0.25, -0.2) is 0 Å². The number of aromatic nitrogens is 2. The number of carbonyl (C=O) groups excluding carboxylic acids is 1. The monoisotopic (exact) mass is 332 g/mol. The van der Waals surface area contributed by atoms with Crippen molar-refractivity contribution >= 4 is 5.91 Å². The van der Waals surface area contributed by atoms with Crippen LogP contribution in [0.3, 0.4) is 0 Å². The third kappa shape index (κ3) is 2.56. The van der Waals surface area contributed by atoms with Gasteiger partial charge in [0.1, 0.15) is 5.69 Å². The molecular formula is C18H28N4O2. The number of likely N-dealkylation sites (N-methyl/N-ethyl adjacent to an activating group) is 1. The third-order valence-electron chi connectivity index (χ3n) is 6.23. The fraction of sp³-hybridized carbons (Fsp3) is 0.778. The number of amides is 1. The zero-order chi connectivity index (χ0) is 16.7. The van der Waals surface area contributed by atoms with E-state index in [-0.39, 0.29) is 11.4 Å². The molecule has 2 fully saturated rings. The lowest BCUT2D eigenvalue weighted by Gasteiger charge is -2.51. The van der Waals surface area contributed by atoms with Gasteiger partial charge in [0.15, 0.2) is 0 Å². The second-order valence-electron chi connectivity index (χ2n) is 7.59. The maximum Gasteiger partial charge on any atom is 0.272 e. The third-order valence-corrected chi connectivity index (χ3v) is 6.23. The summed E-state index contributed by atoms with van der Waals surface area (Å²) in [6, 6.07) is 0. The summed E-state index contributed by atoms with van der Waals surface area (Å²) < 4.78 is 7.39. The molecule has 3 heterocycles. The molecule has 2 aliphatic heterocycles. The second kappa shape index (κ2) is 6.15. The topological polar surface area (TPSA) is 50.6 Å². The first-order chi connectivity index (χ1) is 11.6. The minimum atomic E-state index is 0.0881. The number of ether oxygens (including phenoxy) is 1. The first-order valence-electron chi connectivity index (χ1n) is 9.24. The molecule has 0 aromatic carbocycles. The van der Waals surface area contributed by atoms with Crippen LogP contribution in [0.5, 0.6) is 0 Å². The van der Waals surface area contributed by atoms with Crippen molar-refractivity contribution in [1.82, 2.24) is 19.6 Å². The summed E-state index contributed by atoms with van der Waals surface area (Å²) in [4.78, 5) is 17.8. The molecule has 0 N–H and O–H groups in total. The minimum absolute atomic E-state index is 0.0881. The average Bonchev–Trinajstić information content (AvgIpc) is 2.93. The highest BCUT2D eigenvalue weighted by molar-refractivity contribution is 5.94. The summed E-state index contributed by atoms with van der Waals surface area (Å²) >= 11 is 0. The maximum absolute atomic E-state index is 13.3. The summed E-state index contributed by atoms with van der Waals surface area (Å²) in [7, 11) is 4.12. The van der Waals surface area contributed by atoms with Gasteiger partial charge >= 0.3 is 0 Å². The second-order valence-corrected chi connectivity index (χ2v) is 7.59. The number of nitrogens with zero attached hydrogens (tertiary/aromatic N) is 4. The Hall–Kier alpha value is -1.40. The van der Waals surface area contributed by atoms with Crippen LogP contribution in [0.15, 0.2) is 0 Å². The van der Waals surface area contributed by atoms with Gasteiger partial charge in [-0.1, -0.05) is 0 Å². The van der Waals surface area contributed by atoms with Crippen molar-refractivity contribution < 1.29 is 9.53 Å². The molecule has 0 saturated carbocycles. The van der Waals surface area contributed by atoms with Crippen molar-refractivity contribution in [2.24, 2.45) is 7.05 Å². The summed E-state index contributed by atoms with van der Waals surface area (Å²) in [5.41, 5.74) is 3.26. The molecular weight excluding hydrogens is 304 g/mol. The van der Waals surface area contributed by atoms with Crippen molar-refractivity contribution in [3.63, 3.8) is 0 Å². The van der Waals surface area contributed by atoms with Crippen molar-refractivity contribution in [2.45, 2.75) is 44.1 Å². The fourth-order valence-corrected chi connectivity index (χ4v) is 4.63. The minimum Gasteiger partial charge on any atom is -0.381 e. The molecule has 4 rings (SSSR count). The number of hydrogen-bond donors (Lipinski definition) is 0. The Balaban J connectivity index is 1.60. The number of rotatable bonds is 1. The fourth-order valence-electron chi connectivity index (χ4n) is 4.63. The van der Waals surface area contributed by atoms with E-state index in [1.807, 2.05) is 11.7 Å². The lowest BCUT2D eigenvalue weighted by Crippen LogP contribution is -2.63. The summed E-state index contributed by atoms with van der Waals surface area (Å²) in [6.45, 7) is 4.15. The molecule has 1 amide bonds. The number of hydrogen-bond acceptors (Lipinski definition) is 4. The van der Waals surface area contributed by atoms with Crippen LogP contribution in [0.1, 0.15) is 47.4 Å². The van der Waals surface area contributed by atoms with E-state index < -0.39 is 0 Å². The SMILES string of the molecule is CN1CCN(C(=O)c2c3c(nn2C)CCCC3)CC12CCOCC2. The lowest BCUT2D eigenvalue weighted by molar-refractivity contribution is -0.0545. The van der Waals surface area contributed by atoms with Crippen LogP contribution < -0.4 is 0 Å². The molecule has 6 nitrogen and oxygen atoms in total. The van der Waals surface area contributed by atoms with Crippen LogP contribution in [0.2, 0.25) is 0 Å². The van der Waals surface area contributed by atoms with Gasteiger partial charge in [-0.05, 0) is 45.6 Å². The molecule has 0 bridgehead atoms. The Kier molecular flexibility index (Phi) is 4.12.